The van der Waals surface area contributed by atoms with Gasteiger partial charge in [-0.25, -0.2) is 0 Å². The van der Waals surface area contributed by atoms with Crippen LogP contribution in [0.4, 0.5) is 0 Å². The molecule has 0 spiro atoms. The molecule has 0 bridgehead atoms. The first kappa shape index (κ1) is 12.2. The second kappa shape index (κ2) is 6.59. The first-order valence-electron chi connectivity index (χ1n) is 5.51. The van der Waals surface area contributed by atoms with Gasteiger partial charge in [-0.1, -0.05) is 37.3 Å². The summed E-state index contributed by atoms with van der Waals surface area (Å²) in [6.07, 6.45) is 0. The Morgan fingerprint density at radius 1 is 1.20 bits per heavy atom. The van der Waals surface area contributed by atoms with Crippen molar-refractivity contribution in [3.05, 3.63) is 35.9 Å². The highest BCUT2D eigenvalue weighted by Gasteiger charge is 2.06. The molecule has 0 saturated heterocycles. The summed E-state index contributed by atoms with van der Waals surface area (Å²) >= 11 is 0. The zero-order valence-corrected chi connectivity index (χ0v) is 9.86. The van der Waals surface area contributed by atoms with E-state index in [-0.39, 0.29) is 0 Å². The average Bonchev–Trinajstić information content (AvgIpc) is 2.27. The maximum Gasteiger partial charge on any atom is 0.0499 e. The second-order valence-corrected chi connectivity index (χ2v) is 4.10. The van der Waals surface area contributed by atoms with E-state index in [9.17, 15) is 0 Å². The zero-order chi connectivity index (χ0) is 11.1. The lowest BCUT2D eigenvalue weighted by Crippen LogP contribution is -2.26. The van der Waals surface area contributed by atoms with E-state index < -0.39 is 0 Å². The van der Waals surface area contributed by atoms with Gasteiger partial charge in [-0.15, -0.1) is 0 Å². The van der Waals surface area contributed by atoms with E-state index >= 15 is 0 Å². The fraction of sp³-hybridized carbons (Fsp3) is 0.538. The minimum atomic E-state index is 0.408. The van der Waals surface area contributed by atoms with Crippen molar-refractivity contribution in [1.82, 2.24) is 5.32 Å². The molecular weight excluding hydrogens is 186 g/mol. The topological polar surface area (TPSA) is 21.3 Å². The number of benzene rings is 1. The Balaban J connectivity index is 2.33. The molecule has 84 valence electrons. The SMILES string of the molecule is COCC(C)CNC(C)c1ccccc1. The van der Waals surface area contributed by atoms with E-state index in [1.807, 2.05) is 6.07 Å². The highest BCUT2D eigenvalue weighted by molar-refractivity contribution is 5.17. The van der Waals surface area contributed by atoms with E-state index in [1.165, 1.54) is 5.56 Å². The molecular formula is C13H21NO. The van der Waals surface area contributed by atoms with Gasteiger partial charge in [0.25, 0.3) is 0 Å². The third-order valence-corrected chi connectivity index (χ3v) is 2.52. The van der Waals surface area contributed by atoms with Crippen molar-refractivity contribution < 1.29 is 4.74 Å². The lowest BCUT2D eigenvalue weighted by Gasteiger charge is -2.17. The molecule has 0 aliphatic heterocycles. The van der Waals surface area contributed by atoms with Gasteiger partial charge in [-0.2, -0.15) is 0 Å². The maximum atomic E-state index is 5.10. The van der Waals surface area contributed by atoms with E-state index in [0.29, 0.717) is 12.0 Å². The predicted molar refractivity (Wildman–Crippen MR) is 63.9 cm³/mol. The number of hydrogen-bond donors (Lipinski definition) is 1. The normalized spacial score (nSPS) is 14.9. The third-order valence-electron chi connectivity index (χ3n) is 2.52. The van der Waals surface area contributed by atoms with Gasteiger partial charge in [0.15, 0.2) is 0 Å². The summed E-state index contributed by atoms with van der Waals surface area (Å²) in [5.41, 5.74) is 1.34. The molecule has 1 aromatic rings. The Morgan fingerprint density at radius 3 is 2.47 bits per heavy atom. The van der Waals surface area contributed by atoms with Crippen LogP contribution in [0, 0.1) is 5.92 Å². The maximum absolute atomic E-state index is 5.10. The van der Waals surface area contributed by atoms with Crippen molar-refractivity contribution >= 4 is 0 Å². The van der Waals surface area contributed by atoms with Crippen molar-refractivity contribution in [3.63, 3.8) is 0 Å². The number of rotatable bonds is 6. The van der Waals surface area contributed by atoms with Crippen LogP contribution in [0.25, 0.3) is 0 Å². The van der Waals surface area contributed by atoms with Crippen LogP contribution in [0.5, 0.6) is 0 Å². The number of methoxy groups -OCH3 is 1. The molecule has 0 heterocycles. The van der Waals surface area contributed by atoms with Crippen LogP contribution in [-0.4, -0.2) is 20.3 Å². The molecule has 2 atom stereocenters. The Morgan fingerprint density at radius 2 is 1.87 bits per heavy atom. The molecule has 0 aliphatic rings. The van der Waals surface area contributed by atoms with Crippen molar-refractivity contribution in [2.75, 3.05) is 20.3 Å². The summed E-state index contributed by atoms with van der Waals surface area (Å²) in [4.78, 5) is 0. The van der Waals surface area contributed by atoms with Gasteiger partial charge in [-0.3, -0.25) is 0 Å². The van der Waals surface area contributed by atoms with Crippen LogP contribution in [-0.2, 0) is 4.74 Å². The number of nitrogens with one attached hydrogen (secondary N) is 1. The van der Waals surface area contributed by atoms with Crippen molar-refractivity contribution in [2.24, 2.45) is 5.92 Å². The molecule has 2 unspecified atom stereocenters. The third kappa shape index (κ3) is 4.45. The summed E-state index contributed by atoms with van der Waals surface area (Å²) in [5.74, 6) is 0.557. The number of hydrogen-bond acceptors (Lipinski definition) is 2. The summed E-state index contributed by atoms with van der Waals surface area (Å²) in [5, 5.41) is 3.50. The van der Waals surface area contributed by atoms with Crippen LogP contribution in [0.15, 0.2) is 30.3 Å². The molecule has 0 amide bonds. The lowest BCUT2D eigenvalue weighted by atomic mass is 10.1. The molecule has 1 aromatic carbocycles. The predicted octanol–water partition coefficient (Wildman–Crippen LogP) is 2.62. The Kier molecular flexibility index (Phi) is 5.37. The zero-order valence-electron chi connectivity index (χ0n) is 9.86. The molecule has 0 fully saturated rings. The monoisotopic (exact) mass is 207 g/mol. The lowest BCUT2D eigenvalue weighted by molar-refractivity contribution is 0.157. The van der Waals surface area contributed by atoms with Gasteiger partial charge in [0.2, 0.25) is 0 Å². The minimum absolute atomic E-state index is 0.408. The Bertz CT molecular complexity index is 260. The van der Waals surface area contributed by atoms with Crippen molar-refractivity contribution in [2.45, 2.75) is 19.9 Å². The van der Waals surface area contributed by atoms with Crippen LogP contribution >= 0.6 is 0 Å². The highest BCUT2D eigenvalue weighted by atomic mass is 16.5. The quantitative estimate of drug-likeness (QED) is 0.774. The van der Waals surface area contributed by atoms with Crippen LogP contribution < -0.4 is 5.32 Å². The van der Waals surface area contributed by atoms with Gasteiger partial charge in [-0.05, 0) is 18.4 Å². The molecule has 0 aromatic heterocycles. The summed E-state index contributed by atoms with van der Waals surface area (Å²) in [6.45, 7) is 6.18. The van der Waals surface area contributed by atoms with Gasteiger partial charge >= 0.3 is 0 Å². The Labute approximate surface area is 92.6 Å². The summed E-state index contributed by atoms with van der Waals surface area (Å²) < 4.78 is 5.10. The molecule has 1 rings (SSSR count). The second-order valence-electron chi connectivity index (χ2n) is 4.10. The van der Waals surface area contributed by atoms with Gasteiger partial charge < -0.3 is 10.1 Å². The molecule has 0 radical (unpaired) electrons. The van der Waals surface area contributed by atoms with Gasteiger partial charge in [0.05, 0.1) is 0 Å². The Hall–Kier alpha value is -0.860. The van der Waals surface area contributed by atoms with Crippen LogP contribution in [0.3, 0.4) is 0 Å². The molecule has 2 nitrogen and oxygen atoms in total. The molecule has 1 N–H and O–H groups in total. The standard InChI is InChI=1S/C13H21NO/c1-11(10-15-3)9-14-12(2)13-7-5-4-6-8-13/h4-8,11-12,14H,9-10H2,1-3H3. The molecule has 15 heavy (non-hydrogen) atoms. The molecule has 2 heteroatoms. The van der Waals surface area contributed by atoms with Gasteiger partial charge in [0.1, 0.15) is 0 Å². The number of ether oxygens (including phenoxy) is 1. The fourth-order valence-corrected chi connectivity index (χ4v) is 1.58. The molecule has 0 saturated carbocycles. The van der Waals surface area contributed by atoms with Crippen molar-refractivity contribution in [3.8, 4) is 0 Å². The first-order chi connectivity index (χ1) is 7.24. The summed E-state index contributed by atoms with van der Waals surface area (Å²) in [7, 11) is 1.75. The van der Waals surface area contributed by atoms with Gasteiger partial charge in [0, 0.05) is 26.3 Å². The molecule has 0 aliphatic carbocycles. The van der Waals surface area contributed by atoms with Crippen LogP contribution in [0.1, 0.15) is 25.5 Å². The van der Waals surface area contributed by atoms with Crippen molar-refractivity contribution in [1.29, 1.82) is 0 Å². The highest BCUT2D eigenvalue weighted by Crippen LogP contribution is 2.11. The smallest absolute Gasteiger partial charge is 0.0499 e. The largest absolute Gasteiger partial charge is 0.384 e. The van der Waals surface area contributed by atoms with E-state index in [1.54, 1.807) is 7.11 Å². The van der Waals surface area contributed by atoms with E-state index in [2.05, 4.69) is 43.4 Å². The average molecular weight is 207 g/mol. The van der Waals surface area contributed by atoms with E-state index in [4.69, 9.17) is 4.74 Å². The minimum Gasteiger partial charge on any atom is -0.384 e. The van der Waals surface area contributed by atoms with Crippen LogP contribution in [0.2, 0.25) is 0 Å². The fourth-order valence-electron chi connectivity index (χ4n) is 1.58. The van der Waals surface area contributed by atoms with E-state index in [0.717, 1.165) is 13.2 Å². The first-order valence-corrected chi connectivity index (χ1v) is 5.51. The summed E-state index contributed by atoms with van der Waals surface area (Å²) in [6, 6.07) is 10.9.